The lowest BCUT2D eigenvalue weighted by molar-refractivity contribution is -0.384. The molecule has 0 radical (unpaired) electrons. The molecule has 0 fully saturated rings. The molecule has 5 heteroatoms. The number of anilines is 1. The van der Waals surface area contributed by atoms with E-state index in [0.29, 0.717) is 0 Å². The molecule has 20 heavy (non-hydrogen) atoms. The summed E-state index contributed by atoms with van der Waals surface area (Å²) in [6, 6.07) is 15.4. The molecular weight excluding hydrogens is 256 g/mol. The Labute approximate surface area is 116 Å². The Kier molecular flexibility index (Phi) is 4.10. The van der Waals surface area contributed by atoms with Crippen LogP contribution in [0.15, 0.2) is 54.6 Å². The van der Waals surface area contributed by atoms with E-state index in [-0.39, 0.29) is 18.0 Å². The second-order valence-corrected chi connectivity index (χ2v) is 4.39. The van der Waals surface area contributed by atoms with Crippen LogP contribution in [0.2, 0.25) is 0 Å². The number of nitrogens with zero attached hydrogens (tertiary/aromatic N) is 2. The monoisotopic (exact) mass is 270 g/mol. The van der Waals surface area contributed by atoms with Crippen molar-refractivity contribution in [2.45, 2.75) is 6.42 Å². The molecule has 0 saturated carbocycles. The number of carbonyl (C=O) groups is 1. The summed E-state index contributed by atoms with van der Waals surface area (Å²) >= 11 is 0. The van der Waals surface area contributed by atoms with E-state index in [1.807, 2.05) is 30.3 Å². The summed E-state index contributed by atoms with van der Waals surface area (Å²) < 4.78 is 0. The fourth-order valence-electron chi connectivity index (χ4n) is 1.82. The van der Waals surface area contributed by atoms with Crippen LogP contribution in [0.3, 0.4) is 0 Å². The van der Waals surface area contributed by atoms with E-state index < -0.39 is 4.92 Å². The van der Waals surface area contributed by atoms with Crippen molar-refractivity contribution in [1.29, 1.82) is 0 Å². The molecule has 102 valence electrons. The molecule has 0 saturated heterocycles. The third kappa shape index (κ3) is 3.20. The van der Waals surface area contributed by atoms with Crippen LogP contribution in [0.1, 0.15) is 5.56 Å². The number of nitro benzene ring substituents is 1. The molecule has 0 N–H and O–H groups in total. The smallest absolute Gasteiger partial charge is 0.269 e. The highest BCUT2D eigenvalue weighted by molar-refractivity contribution is 5.94. The molecule has 0 unspecified atom stereocenters. The van der Waals surface area contributed by atoms with Gasteiger partial charge in [-0.2, -0.15) is 0 Å². The zero-order valence-electron chi connectivity index (χ0n) is 11.0. The molecule has 0 aromatic heterocycles. The Balaban J connectivity index is 2.06. The van der Waals surface area contributed by atoms with Crippen LogP contribution in [-0.2, 0) is 11.2 Å². The number of hydrogen-bond donors (Lipinski definition) is 0. The summed E-state index contributed by atoms with van der Waals surface area (Å²) in [6.07, 6.45) is 0.212. The topological polar surface area (TPSA) is 63.5 Å². The summed E-state index contributed by atoms with van der Waals surface area (Å²) in [6.45, 7) is 0. The van der Waals surface area contributed by atoms with Gasteiger partial charge in [0.2, 0.25) is 5.91 Å². The lowest BCUT2D eigenvalue weighted by Crippen LogP contribution is -2.27. The Bertz CT molecular complexity index is 609. The molecule has 0 spiro atoms. The third-order valence-electron chi connectivity index (χ3n) is 3.02. The molecule has 0 aliphatic heterocycles. The standard InChI is InChI=1S/C15H14N2O3/c1-16(13-5-3-2-4-6-13)15(18)11-12-7-9-14(10-8-12)17(19)20/h2-10H,11H2,1H3. The Morgan fingerprint density at radius 1 is 1.10 bits per heavy atom. The second kappa shape index (κ2) is 5.97. The van der Waals surface area contributed by atoms with Gasteiger partial charge in [-0.1, -0.05) is 30.3 Å². The van der Waals surface area contributed by atoms with Crippen molar-refractivity contribution in [1.82, 2.24) is 0 Å². The predicted octanol–water partition coefficient (Wildman–Crippen LogP) is 2.80. The Morgan fingerprint density at radius 2 is 1.70 bits per heavy atom. The molecule has 0 heterocycles. The van der Waals surface area contributed by atoms with Crippen molar-refractivity contribution in [3.05, 3.63) is 70.3 Å². The van der Waals surface area contributed by atoms with E-state index >= 15 is 0 Å². The summed E-state index contributed by atoms with van der Waals surface area (Å²) in [5, 5.41) is 10.6. The van der Waals surface area contributed by atoms with Crippen molar-refractivity contribution in [3.8, 4) is 0 Å². The first-order valence-electron chi connectivity index (χ1n) is 6.13. The molecule has 1 amide bonds. The average Bonchev–Trinajstić information content (AvgIpc) is 2.48. The number of rotatable bonds is 4. The van der Waals surface area contributed by atoms with Gasteiger partial charge in [-0.3, -0.25) is 14.9 Å². The normalized spacial score (nSPS) is 10.1. The fraction of sp³-hybridized carbons (Fsp3) is 0.133. The highest BCUT2D eigenvalue weighted by atomic mass is 16.6. The average molecular weight is 270 g/mol. The number of carbonyl (C=O) groups excluding carboxylic acids is 1. The van der Waals surface area contributed by atoms with Gasteiger partial charge in [0.25, 0.3) is 5.69 Å². The largest absolute Gasteiger partial charge is 0.315 e. The maximum absolute atomic E-state index is 12.1. The van der Waals surface area contributed by atoms with Gasteiger partial charge in [-0.05, 0) is 17.7 Å². The first-order valence-corrected chi connectivity index (χ1v) is 6.13. The molecule has 0 aliphatic carbocycles. The number of non-ortho nitro benzene ring substituents is 1. The van der Waals surface area contributed by atoms with Gasteiger partial charge >= 0.3 is 0 Å². The van der Waals surface area contributed by atoms with Gasteiger partial charge in [-0.25, -0.2) is 0 Å². The molecule has 2 rings (SSSR count). The quantitative estimate of drug-likeness (QED) is 0.634. The molecule has 0 atom stereocenters. The Morgan fingerprint density at radius 3 is 2.25 bits per heavy atom. The van der Waals surface area contributed by atoms with Crippen molar-refractivity contribution >= 4 is 17.3 Å². The highest BCUT2D eigenvalue weighted by Crippen LogP contribution is 2.15. The number of hydrogen-bond acceptors (Lipinski definition) is 3. The van der Waals surface area contributed by atoms with Gasteiger partial charge in [0.15, 0.2) is 0 Å². The van der Waals surface area contributed by atoms with Gasteiger partial charge in [-0.15, -0.1) is 0 Å². The number of para-hydroxylation sites is 1. The fourth-order valence-corrected chi connectivity index (χ4v) is 1.82. The summed E-state index contributed by atoms with van der Waals surface area (Å²) in [5.74, 6) is -0.0648. The van der Waals surface area contributed by atoms with Crippen LogP contribution in [0.25, 0.3) is 0 Å². The van der Waals surface area contributed by atoms with Crippen LogP contribution in [0.4, 0.5) is 11.4 Å². The predicted molar refractivity (Wildman–Crippen MR) is 76.7 cm³/mol. The first-order chi connectivity index (χ1) is 9.58. The van der Waals surface area contributed by atoms with Gasteiger partial charge in [0, 0.05) is 24.9 Å². The summed E-state index contributed by atoms with van der Waals surface area (Å²) in [5.41, 5.74) is 1.60. The summed E-state index contributed by atoms with van der Waals surface area (Å²) in [7, 11) is 1.71. The highest BCUT2D eigenvalue weighted by Gasteiger charge is 2.12. The van der Waals surface area contributed by atoms with E-state index in [1.165, 1.54) is 12.1 Å². The summed E-state index contributed by atoms with van der Waals surface area (Å²) in [4.78, 5) is 23.8. The van der Waals surface area contributed by atoms with E-state index in [2.05, 4.69) is 0 Å². The molecule has 2 aromatic rings. The lowest BCUT2D eigenvalue weighted by Gasteiger charge is -2.17. The van der Waals surface area contributed by atoms with E-state index in [9.17, 15) is 14.9 Å². The minimum absolute atomic E-state index is 0.0256. The zero-order valence-corrected chi connectivity index (χ0v) is 11.0. The van der Waals surface area contributed by atoms with Crippen molar-refractivity contribution in [3.63, 3.8) is 0 Å². The second-order valence-electron chi connectivity index (χ2n) is 4.39. The third-order valence-corrected chi connectivity index (χ3v) is 3.02. The molecular formula is C15H14N2O3. The number of likely N-dealkylation sites (N-methyl/N-ethyl adjacent to an activating group) is 1. The molecule has 0 bridgehead atoms. The van der Waals surface area contributed by atoms with Gasteiger partial charge < -0.3 is 4.90 Å². The lowest BCUT2D eigenvalue weighted by atomic mass is 10.1. The van der Waals surface area contributed by atoms with Crippen molar-refractivity contribution < 1.29 is 9.72 Å². The maximum atomic E-state index is 12.1. The van der Waals surface area contributed by atoms with Gasteiger partial charge in [0.05, 0.1) is 11.3 Å². The zero-order chi connectivity index (χ0) is 14.5. The van der Waals surface area contributed by atoms with Crippen LogP contribution in [0.5, 0.6) is 0 Å². The molecule has 5 nitrogen and oxygen atoms in total. The maximum Gasteiger partial charge on any atom is 0.269 e. The van der Waals surface area contributed by atoms with Crippen molar-refractivity contribution in [2.24, 2.45) is 0 Å². The van der Waals surface area contributed by atoms with Gasteiger partial charge in [0.1, 0.15) is 0 Å². The number of amides is 1. The van der Waals surface area contributed by atoms with Crippen LogP contribution < -0.4 is 4.90 Å². The number of benzene rings is 2. The van der Waals surface area contributed by atoms with Crippen molar-refractivity contribution in [2.75, 3.05) is 11.9 Å². The van der Waals surface area contributed by atoms with E-state index in [4.69, 9.17) is 0 Å². The van der Waals surface area contributed by atoms with E-state index in [0.717, 1.165) is 11.3 Å². The van der Waals surface area contributed by atoms with Crippen LogP contribution in [-0.4, -0.2) is 17.9 Å². The number of nitro groups is 1. The van der Waals surface area contributed by atoms with E-state index in [1.54, 1.807) is 24.1 Å². The minimum Gasteiger partial charge on any atom is -0.315 e. The SMILES string of the molecule is CN(C(=O)Cc1ccc([N+](=O)[O-])cc1)c1ccccc1. The van der Waals surface area contributed by atoms with Crippen LogP contribution in [0, 0.1) is 10.1 Å². The first kappa shape index (κ1) is 13.7. The Hall–Kier alpha value is -2.69. The molecule has 0 aliphatic rings. The molecule has 2 aromatic carbocycles. The minimum atomic E-state index is -0.457. The van der Waals surface area contributed by atoms with Crippen LogP contribution >= 0.6 is 0 Å².